The molecule has 1 aromatic rings. The Hall–Kier alpha value is -1.62. The summed E-state index contributed by atoms with van der Waals surface area (Å²) in [6.45, 7) is 0.706. The zero-order chi connectivity index (χ0) is 13.7. The van der Waals surface area contributed by atoms with Crippen LogP contribution in [-0.2, 0) is 9.59 Å². The molecule has 1 aliphatic rings. The van der Waals surface area contributed by atoms with Gasteiger partial charge in [0.25, 0.3) is 0 Å². The van der Waals surface area contributed by atoms with Gasteiger partial charge in [-0.05, 0) is 30.9 Å². The first-order chi connectivity index (χ1) is 9.18. The van der Waals surface area contributed by atoms with Crippen LogP contribution in [0.3, 0.4) is 0 Å². The van der Waals surface area contributed by atoms with Crippen molar-refractivity contribution in [3.63, 3.8) is 0 Å². The van der Waals surface area contributed by atoms with E-state index in [4.69, 9.17) is 5.11 Å². The Labute approximate surface area is 124 Å². The number of nitrogens with zero attached hydrogens (tertiary/aromatic N) is 2. The van der Waals surface area contributed by atoms with Crippen LogP contribution in [0.2, 0.25) is 0 Å². The Balaban J connectivity index is 0.00000200. The highest BCUT2D eigenvalue weighted by atomic mass is 35.5. The molecule has 1 N–H and O–H groups in total. The lowest BCUT2D eigenvalue weighted by molar-refractivity contribution is -0.142. The fourth-order valence-corrected chi connectivity index (χ4v) is 2.51. The van der Waals surface area contributed by atoms with Crippen LogP contribution >= 0.6 is 12.4 Å². The molecule has 110 valence electrons. The van der Waals surface area contributed by atoms with Gasteiger partial charge in [-0.1, -0.05) is 6.07 Å². The molecule has 1 saturated heterocycles. The van der Waals surface area contributed by atoms with E-state index in [1.807, 2.05) is 17.0 Å². The van der Waals surface area contributed by atoms with E-state index in [2.05, 4.69) is 4.98 Å². The van der Waals surface area contributed by atoms with Gasteiger partial charge >= 0.3 is 5.97 Å². The third kappa shape index (κ3) is 4.20. The number of hydrogen-bond acceptors (Lipinski definition) is 3. The Kier molecular flexibility index (Phi) is 6.45. The fraction of sp³-hybridized carbons (Fsp3) is 0.500. The van der Waals surface area contributed by atoms with Crippen LogP contribution in [0.1, 0.15) is 43.7 Å². The average molecular weight is 299 g/mol. The molecule has 1 atom stereocenters. The molecule has 1 fully saturated rings. The molecule has 20 heavy (non-hydrogen) atoms. The van der Waals surface area contributed by atoms with Crippen LogP contribution in [0, 0.1) is 0 Å². The standard InChI is InChI=1S/C14H18N2O3.ClH/c17-13(6-7-14(18)19)16-9-2-1-5-12(16)11-4-3-8-15-10-11;/h3-4,8,10,12H,1-2,5-7,9H2,(H,18,19);1H/t12-;/m0./s1. The highest BCUT2D eigenvalue weighted by Crippen LogP contribution is 2.30. The van der Waals surface area contributed by atoms with Gasteiger partial charge in [-0.3, -0.25) is 14.6 Å². The van der Waals surface area contributed by atoms with E-state index in [9.17, 15) is 9.59 Å². The quantitative estimate of drug-likeness (QED) is 0.927. The normalized spacial score (nSPS) is 18.2. The third-order valence-electron chi connectivity index (χ3n) is 3.45. The first kappa shape index (κ1) is 16.4. The molecule has 1 amide bonds. The van der Waals surface area contributed by atoms with Gasteiger partial charge in [-0.2, -0.15) is 0 Å². The molecule has 0 unspecified atom stereocenters. The van der Waals surface area contributed by atoms with Crippen molar-refractivity contribution in [1.82, 2.24) is 9.88 Å². The third-order valence-corrected chi connectivity index (χ3v) is 3.45. The first-order valence-electron chi connectivity index (χ1n) is 6.59. The maximum Gasteiger partial charge on any atom is 0.303 e. The second-order valence-electron chi connectivity index (χ2n) is 4.78. The average Bonchev–Trinajstić information content (AvgIpc) is 2.45. The molecule has 0 saturated carbocycles. The molecular weight excluding hydrogens is 280 g/mol. The van der Waals surface area contributed by atoms with Crippen LogP contribution < -0.4 is 0 Å². The second-order valence-corrected chi connectivity index (χ2v) is 4.78. The van der Waals surface area contributed by atoms with Crippen molar-refractivity contribution < 1.29 is 14.7 Å². The maximum atomic E-state index is 12.1. The summed E-state index contributed by atoms with van der Waals surface area (Å²) >= 11 is 0. The number of aromatic nitrogens is 1. The molecule has 2 rings (SSSR count). The molecule has 0 aliphatic carbocycles. The summed E-state index contributed by atoms with van der Waals surface area (Å²) in [4.78, 5) is 28.6. The molecule has 0 radical (unpaired) electrons. The maximum absolute atomic E-state index is 12.1. The van der Waals surface area contributed by atoms with E-state index >= 15 is 0 Å². The molecule has 5 nitrogen and oxygen atoms in total. The van der Waals surface area contributed by atoms with Crippen molar-refractivity contribution in [2.75, 3.05) is 6.54 Å². The van der Waals surface area contributed by atoms with Crippen LogP contribution in [-0.4, -0.2) is 33.4 Å². The Morgan fingerprint density at radius 2 is 2.15 bits per heavy atom. The molecule has 1 aliphatic heterocycles. The monoisotopic (exact) mass is 298 g/mol. The number of aliphatic carboxylic acids is 1. The molecule has 0 bridgehead atoms. The number of halogens is 1. The minimum atomic E-state index is -0.928. The Morgan fingerprint density at radius 1 is 1.35 bits per heavy atom. The SMILES string of the molecule is Cl.O=C(O)CCC(=O)N1CCCC[C@H]1c1cccnc1. The summed E-state index contributed by atoms with van der Waals surface area (Å²) in [5, 5.41) is 8.66. The zero-order valence-electron chi connectivity index (χ0n) is 11.2. The van der Waals surface area contributed by atoms with Crippen molar-refractivity contribution in [3.05, 3.63) is 30.1 Å². The second kappa shape index (κ2) is 7.85. The van der Waals surface area contributed by atoms with Crippen LogP contribution in [0.25, 0.3) is 0 Å². The number of pyridine rings is 1. The van der Waals surface area contributed by atoms with Gasteiger partial charge in [0.15, 0.2) is 0 Å². The van der Waals surface area contributed by atoms with E-state index in [0.717, 1.165) is 24.8 Å². The highest BCUT2D eigenvalue weighted by Gasteiger charge is 2.27. The van der Waals surface area contributed by atoms with E-state index in [0.29, 0.717) is 6.54 Å². The minimum absolute atomic E-state index is 0. The van der Waals surface area contributed by atoms with Crippen molar-refractivity contribution in [1.29, 1.82) is 0 Å². The van der Waals surface area contributed by atoms with Gasteiger partial charge in [0.1, 0.15) is 0 Å². The number of amides is 1. The minimum Gasteiger partial charge on any atom is -0.481 e. The molecule has 6 heteroatoms. The fourth-order valence-electron chi connectivity index (χ4n) is 2.51. The van der Waals surface area contributed by atoms with E-state index in [1.165, 1.54) is 0 Å². The number of carboxylic acid groups (broad SMARTS) is 1. The number of carbonyl (C=O) groups is 2. The summed E-state index contributed by atoms with van der Waals surface area (Å²) in [6, 6.07) is 3.88. The first-order valence-corrected chi connectivity index (χ1v) is 6.59. The molecular formula is C14H19ClN2O3. The number of rotatable bonds is 4. The van der Waals surface area contributed by atoms with Gasteiger partial charge in [0, 0.05) is 25.4 Å². The van der Waals surface area contributed by atoms with E-state index < -0.39 is 5.97 Å². The van der Waals surface area contributed by atoms with Crippen molar-refractivity contribution in [3.8, 4) is 0 Å². The highest BCUT2D eigenvalue weighted by molar-refractivity contribution is 5.85. The summed E-state index contributed by atoms with van der Waals surface area (Å²) in [6.07, 6.45) is 6.46. The van der Waals surface area contributed by atoms with E-state index in [1.54, 1.807) is 12.4 Å². The summed E-state index contributed by atoms with van der Waals surface area (Å²) in [7, 11) is 0. The molecule has 1 aromatic heterocycles. The van der Waals surface area contributed by atoms with Gasteiger partial charge in [-0.15, -0.1) is 12.4 Å². The molecule has 0 spiro atoms. The summed E-state index contributed by atoms with van der Waals surface area (Å²) < 4.78 is 0. The number of carbonyl (C=O) groups excluding carboxylic acids is 1. The van der Waals surface area contributed by atoms with Crippen molar-refractivity contribution in [2.24, 2.45) is 0 Å². The predicted molar refractivity (Wildman–Crippen MR) is 76.7 cm³/mol. The van der Waals surface area contributed by atoms with Crippen molar-refractivity contribution in [2.45, 2.75) is 38.1 Å². The Morgan fingerprint density at radius 3 is 2.80 bits per heavy atom. The van der Waals surface area contributed by atoms with Gasteiger partial charge in [0.2, 0.25) is 5.91 Å². The number of likely N-dealkylation sites (tertiary alicyclic amines) is 1. The predicted octanol–water partition coefficient (Wildman–Crippen LogP) is 2.42. The number of hydrogen-bond donors (Lipinski definition) is 1. The van der Waals surface area contributed by atoms with Crippen LogP contribution in [0.4, 0.5) is 0 Å². The molecule has 0 aromatic carbocycles. The van der Waals surface area contributed by atoms with Crippen molar-refractivity contribution >= 4 is 24.3 Å². The van der Waals surface area contributed by atoms with Gasteiger partial charge in [-0.25, -0.2) is 0 Å². The van der Waals surface area contributed by atoms with Crippen LogP contribution in [0.5, 0.6) is 0 Å². The number of piperidine rings is 1. The van der Waals surface area contributed by atoms with Crippen LogP contribution in [0.15, 0.2) is 24.5 Å². The molecule has 2 heterocycles. The summed E-state index contributed by atoms with van der Waals surface area (Å²) in [5.41, 5.74) is 1.03. The Bertz CT molecular complexity index is 453. The van der Waals surface area contributed by atoms with E-state index in [-0.39, 0.29) is 37.2 Å². The lowest BCUT2D eigenvalue weighted by atomic mass is 9.96. The summed E-state index contributed by atoms with van der Waals surface area (Å²) in [5.74, 6) is -1.00. The van der Waals surface area contributed by atoms with Gasteiger partial charge < -0.3 is 10.0 Å². The lowest BCUT2D eigenvalue weighted by Gasteiger charge is -2.36. The lowest BCUT2D eigenvalue weighted by Crippen LogP contribution is -2.38. The topological polar surface area (TPSA) is 70.5 Å². The van der Waals surface area contributed by atoms with Gasteiger partial charge in [0.05, 0.1) is 12.5 Å². The smallest absolute Gasteiger partial charge is 0.303 e. The zero-order valence-corrected chi connectivity index (χ0v) is 12.0. The largest absolute Gasteiger partial charge is 0.481 e. The number of carboxylic acids is 1.